The number of aromatic nitrogens is 2. The molecule has 0 aromatic carbocycles. The molecule has 24 heavy (non-hydrogen) atoms. The molecule has 3 rings (SSSR count). The van der Waals surface area contributed by atoms with Gasteiger partial charge in [-0.3, -0.25) is 4.68 Å². The standard InChI is InChI=1S/C17H25N3O2S2/c1-12(2)19-11-16(17(18-19)15-9-6-10-23-15)24(21,22)20-13(3)7-5-8-14(20)4/h6,9-14H,5,7-8H2,1-4H3. The lowest BCUT2D eigenvalue weighted by molar-refractivity contribution is 0.204. The zero-order valence-electron chi connectivity index (χ0n) is 14.6. The lowest BCUT2D eigenvalue weighted by atomic mass is 10.0. The molecule has 7 heteroatoms. The predicted molar refractivity (Wildman–Crippen MR) is 97.7 cm³/mol. The van der Waals surface area contributed by atoms with E-state index in [1.807, 2.05) is 45.2 Å². The summed E-state index contributed by atoms with van der Waals surface area (Å²) in [6, 6.07) is 4.02. The van der Waals surface area contributed by atoms with Crippen molar-refractivity contribution < 1.29 is 8.42 Å². The average Bonchev–Trinajstić information content (AvgIpc) is 3.16. The topological polar surface area (TPSA) is 55.2 Å². The normalized spacial score (nSPS) is 23.0. The molecule has 3 heterocycles. The van der Waals surface area contributed by atoms with Crippen LogP contribution in [0.4, 0.5) is 0 Å². The summed E-state index contributed by atoms with van der Waals surface area (Å²) in [5, 5.41) is 6.54. The van der Waals surface area contributed by atoms with Gasteiger partial charge in [0.15, 0.2) is 0 Å². The Labute approximate surface area is 148 Å². The molecule has 1 aliphatic heterocycles. The van der Waals surface area contributed by atoms with Crippen LogP contribution in [0.2, 0.25) is 0 Å². The molecule has 5 nitrogen and oxygen atoms in total. The molecule has 1 aliphatic rings. The molecular weight excluding hydrogens is 342 g/mol. The van der Waals surface area contributed by atoms with Gasteiger partial charge in [0, 0.05) is 24.3 Å². The van der Waals surface area contributed by atoms with Gasteiger partial charge in [0.05, 0.1) is 4.88 Å². The summed E-state index contributed by atoms with van der Waals surface area (Å²) < 4.78 is 30.3. The molecule has 0 N–H and O–H groups in total. The lowest BCUT2D eigenvalue weighted by Gasteiger charge is -2.37. The van der Waals surface area contributed by atoms with Gasteiger partial charge in [-0.25, -0.2) is 8.42 Å². The van der Waals surface area contributed by atoms with Gasteiger partial charge in [0.1, 0.15) is 10.6 Å². The van der Waals surface area contributed by atoms with Crippen molar-refractivity contribution in [2.75, 3.05) is 0 Å². The third-order valence-corrected chi connectivity index (χ3v) is 7.66. The molecule has 0 radical (unpaired) electrons. The smallest absolute Gasteiger partial charge is 0.247 e. The van der Waals surface area contributed by atoms with Gasteiger partial charge in [-0.1, -0.05) is 12.5 Å². The minimum Gasteiger partial charge on any atom is -0.268 e. The van der Waals surface area contributed by atoms with Crippen LogP contribution in [-0.4, -0.2) is 34.6 Å². The van der Waals surface area contributed by atoms with Crippen molar-refractivity contribution in [3.8, 4) is 10.6 Å². The Morgan fingerprint density at radius 3 is 2.46 bits per heavy atom. The van der Waals surface area contributed by atoms with Gasteiger partial charge in [-0.15, -0.1) is 11.3 Å². The van der Waals surface area contributed by atoms with Crippen LogP contribution >= 0.6 is 11.3 Å². The highest BCUT2D eigenvalue weighted by molar-refractivity contribution is 7.89. The van der Waals surface area contributed by atoms with Crippen LogP contribution in [0.3, 0.4) is 0 Å². The van der Waals surface area contributed by atoms with Crippen LogP contribution in [0.5, 0.6) is 0 Å². The Hall–Kier alpha value is -1.18. The van der Waals surface area contributed by atoms with E-state index in [2.05, 4.69) is 5.10 Å². The lowest BCUT2D eigenvalue weighted by Crippen LogP contribution is -2.47. The van der Waals surface area contributed by atoms with E-state index in [4.69, 9.17) is 0 Å². The largest absolute Gasteiger partial charge is 0.268 e. The Bertz CT molecular complexity index is 784. The number of hydrogen-bond donors (Lipinski definition) is 0. The molecule has 2 atom stereocenters. The molecule has 0 bridgehead atoms. The van der Waals surface area contributed by atoms with Crippen LogP contribution < -0.4 is 0 Å². The molecule has 2 aromatic heterocycles. The molecule has 0 aliphatic carbocycles. The summed E-state index contributed by atoms with van der Waals surface area (Å²) in [7, 11) is -3.57. The Morgan fingerprint density at radius 1 is 1.25 bits per heavy atom. The maximum atomic E-state index is 13.4. The van der Waals surface area contributed by atoms with E-state index in [0.29, 0.717) is 10.6 Å². The molecular formula is C17H25N3O2S2. The van der Waals surface area contributed by atoms with E-state index in [1.165, 1.54) is 11.3 Å². The zero-order valence-corrected chi connectivity index (χ0v) is 16.3. The molecule has 1 saturated heterocycles. The molecule has 0 amide bonds. The van der Waals surface area contributed by atoms with Crippen LogP contribution in [0.15, 0.2) is 28.6 Å². The Kier molecular flexibility index (Phi) is 4.86. The van der Waals surface area contributed by atoms with Crippen molar-refractivity contribution in [2.45, 2.75) is 70.0 Å². The van der Waals surface area contributed by atoms with E-state index >= 15 is 0 Å². The van der Waals surface area contributed by atoms with E-state index in [0.717, 1.165) is 24.1 Å². The summed E-state index contributed by atoms with van der Waals surface area (Å²) in [4.78, 5) is 1.23. The average molecular weight is 368 g/mol. The molecule has 2 aromatic rings. The first kappa shape index (κ1) is 17.6. The maximum Gasteiger partial charge on any atom is 0.247 e. The first-order valence-corrected chi connectivity index (χ1v) is 10.8. The van der Waals surface area contributed by atoms with Crippen molar-refractivity contribution in [3.05, 3.63) is 23.7 Å². The first-order valence-electron chi connectivity index (χ1n) is 8.49. The van der Waals surface area contributed by atoms with Gasteiger partial charge in [0.25, 0.3) is 0 Å². The summed E-state index contributed by atoms with van der Waals surface area (Å²) in [5.41, 5.74) is 0.573. The molecule has 1 fully saturated rings. The maximum absolute atomic E-state index is 13.4. The highest BCUT2D eigenvalue weighted by Gasteiger charge is 2.38. The fourth-order valence-corrected chi connectivity index (χ4v) is 6.21. The quantitative estimate of drug-likeness (QED) is 0.816. The van der Waals surface area contributed by atoms with Crippen molar-refractivity contribution in [1.29, 1.82) is 0 Å². The third kappa shape index (κ3) is 3.05. The number of sulfonamides is 1. The van der Waals surface area contributed by atoms with Crippen LogP contribution in [0, 0.1) is 0 Å². The highest BCUT2D eigenvalue weighted by atomic mass is 32.2. The second-order valence-electron chi connectivity index (χ2n) is 6.86. The number of rotatable bonds is 4. The van der Waals surface area contributed by atoms with E-state index < -0.39 is 10.0 Å². The van der Waals surface area contributed by atoms with Crippen molar-refractivity contribution in [2.24, 2.45) is 0 Å². The fourth-order valence-electron chi connectivity index (χ4n) is 3.40. The minimum absolute atomic E-state index is 0.0253. The molecule has 0 spiro atoms. The number of nitrogens with zero attached hydrogens (tertiary/aromatic N) is 3. The summed E-state index contributed by atoms with van der Waals surface area (Å²) >= 11 is 1.52. The number of piperidine rings is 1. The second kappa shape index (κ2) is 6.61. The van der Waals surface area contributed by atoms with Gasteiger partial charge in [-0.05, 0) is 52.0 Å². The van der Waals surface area contributed by atoms with E-state index in [1.54, 1.807) is 15.2 Å². The fraction of sp³-hybridized carbons (Fsp3) is 0.588. The zero-order chi connectivity index (χ0) is 17.5. The van der Waals surface area contributed by atoms with Gasteiger partial charge < -0.3 is 0 Å². The molecule has 132 valence electrons. The van der Waals surface area contributed by atoms with Crippen molar-refractivity contribution in [1.82, 2.24) is 14.1 Å². The summed E-state index contributed by atoms with van der Waals surface area (Å²) in [6.07, 6.45) is 4.60. The molecule has 2 unspecified atom stereocenters. The Balaban J connectivity index is 2.13. The van der Waals surface area contributed by atoms with Gasteiger partial charge in [-0.2, -0.15) is 9.40 Å². The van der Waals surface area contributed by atoms with Crippen LogP contribution in [0.25, 0.3) is 10.6 Å². The predicted octanol–water partition coefficient (Wildman–Crippen LogP) is 4.14. The number of thiophene rings is 1. The van der Waals surface area contributed by atoms with Gasteiger partial charge in [0.2, 0.25) is 10.0 Å². The minimum atomic E-state index is -3.57. The number of hydrogen-bond acceptors (Lipinski definition) is 4. The van der Waals surface area contributed by atoms with Crippen molar-refractivity contribution >= 4 is 21.4 Å². The Morgan fingerprint density at radius 2 is 1.92 bits per heavy atom. The third-order valence-electron chi connectivity index (χ3n) is 4.65. The summed E-state index contributed by atoms with van der Waals surface area (Å²) in [6.45, 7) is 8.03. The second-order valence-corrected chi connectivity index (χ2v) is 9.62. The first-order chi connectivity index (χ1) is 11.3. The SMILES string of the molecule is CC1CCCC(C)N1S(=O)(=O)c1cn(C(C)C)nc1-c1cccs1. The summed E-state index contributed by atoms with van der Waals surface area (Å²) in [5.74, 6) is 0. The van der Waals surface area contributed by atoms with Crippen molar-refractivity contribution in [3.63, 3.8) is 0 Å². The van der Waals surface area contributed by atoms with Crippen LogP contribution in [0.1, 0.15) is 53.0 Å². The van der Waals surface area contributed by atoms with E-state index in [-0.39, 0.29) is 18.1 Å². The van der Waals surface area contributed by atoms with Crippen LogP contribution in [-0.2, 0) is 10.0 Å². The molecule has 0 saturated carbocycles. The highest BCUT2D eigenvalue weighted by Crippen LogP contribution is 2.36. The monoisotopic (exact) mass is 367 g/mol. The van der Waals surface area contributed by atoms with E-state index in [9.17, 15) is 8.42 Å². The van der Waals surface area contributed by atoms with Gasteiger partial charge >= 0.3 is 0 Å².